The van der Waals surface area contributed by atoms with Gasteiger partial charge in [-0.15, -0.1) is 0 Å². The van der Waals surface area contributed by atoms with Crippen LogP contribution in [-0.4, -0.2) is 48.8 Å². The van der Waals surface area contributed by atoms with Crippen LogP contribution in [0.2, 0.25) is 0 Å². The van der Waals surface area contributed by atoms with Crippen LogP contribution in [0.3, 0.4) is 0 Å². The quantitative estimate of drug-likeness (QED) is 0.648. The third-order valence-corrected chi connectivity index (χ3v) is 3.80. The van der Waals surface area contributed by atoms with Crippen molar-refractivity contribution >= 4 is 44.1 Å². The van der Waals surface area contributed by atoms with Crippen molar-refractivity contribution in [3.05, 3.63) is 24.5 Å². The monoisotopic (exact) mass is 351 g/mol. The second-order valence-electron chi connectivity index (χ2n) is 5.21. The first-order chi connectivity index (χ1) is 11.2. The number of nitrogens with two attached hydrogens (primary N) is 1. The number of hydrogen-bond donors (Lipinski definition) is 3. The second kappa shape index (κ2) is 7.21. The van der Waals surface area contributed by atoms with Gasteiger partial charge in [0.05, 0.1) is 5.52 Å². The average molecular weight is 351 g/mol. The zero-order valence-corrected chi connectivity index (χ0v) is 13.8. The minimum absolute atomic E-state index is 0.00824. The molecular weight excluding hydrogens is 334 g/mol. The van der Waals surface area contributed by atoms with E-state index in [0.29, 0.717) is 22.4 Å². The second-order valence-corrected chi connectivity index (χ2v) is 7.35. The zero-order valence-electron chi connectivity index (χ0n) is 12.9. The number of rotatable bonds is 6. The summed E-state index contributed by atoms with van der Waals surface area (Å²) >= 11 is 0. The van der Waals surface area contributed by atoms with Gasteiger partial charge in [-0.25, -0.2) is 18.4 Å². The third-order valence-electron chi connectivity index (χ3n) is 3.02. The van der Waals surface area contributed by atoms with Crippen molar-refractivity contribution in [2.45, 2.75) is 6.42 Å². The molecule has 128 valence electrons. The van der Waals surface area contributed by atoms with Gasteiger partial charge in [-0.3, -0.25) is 9.59 Å². The summed E-state index contributed by atoms with van der Waals surface area (Å²) in [4.78, 5) is 31.1. The highest BCUT2D eigenvalue weighted by Gasteiger charge is 2.11. The first-order valence-electron chi connectivity index (χ1n) is 6.99. The SMILES string of the molecule is CS(=O)(=O)CC(=O)NCCC(=O)Nc1ccc2ncnc(N)c2c1. The molecule has 4 N–H and O–H groups in total. The largest absolute Gasteiger partial charge is 0.383 e. The van der Waals surface area contributed by atoms with E-state index in [-0.39, 0.29) is 18.9 Å². The molecule has 0 aliphatic carbocycles. The molecule has 0 saturated heterocycles. The summed E-state index contributed by atoms with van der Waals surface area (Å²) in [7, 11) is -3.38. The molecule has 1 aromatic carbocycles. The number of nitrogens with one attached hydrogen (secondary N) is 2. The lowest BCUT2D eigenvalue weighted by atomic mass is 10.2. The maximum atomic E-state index is 11.9. The molecule has 0 aliphatic heterocycles. The fourth-order valence-corrected chi connectivity index (χ4v) is 2.56. The molecule has 0 aliphatic rings. The Kier molecular flexibility index (Phi) is 5.29. The van der Waals surface area contributed by atoms with Crippen LogP contribution in [0, 0.1) is 0 Å². The van der Waals surface area contributed by atoms with E-state index >= 15 is 0 Å². The van der Waals surface area contributed by atoms with Crippen molar-refractivity contribution < 1.29 is 18.0 Å². The summed E-state index contributed by atoms with van der Waals surface area (Å²) in [5.74, 6) is -1.26. The van der Waals surface area contributed by atoms with E-state index in [4.69, 9.17) is 5.73 Å². The van der Waals surface area contributed by atoms with Gasteiger partial charge in [0.2, 0.25) is 11.8 Å². The van der Waals surface area contributed by atoms with Gasteiger partial charge in [-0.05, 0) is 18.2 Å². The summed E-state index contributed by atoms with van der Waals surface area (Å²) in [6.07, 6.45) is 2.33. The number of carbonyl (C=O) groups is 2. The molecular formula is C14H17N5O4S. The summed E-state index contributed by atoms with van der Waals surface area (Å²) in [5.41, 5.74) is 6.94. The minimum Gasteiger partial charge on any atom is -0.383 e. The van der Waals surface area contributed by atoms with E-state index < -0.39 is 21.5 Å². The van der Waals surface area contributed by atoms with Crippen molar-refractivity contribution in [3.8, 4) is 0 Å². The van der Waals surface area contributed by atoms with Gasteiger partial charge in [0.15, 0.2) is 9.84 Å². The highest BCUT2D eigenvalue weighted by Crippen LogP contribution is 2.20. The highest BCUT2D eigenvalue weighted by molar-refractivity contribution is 7.91. The van der Waals surface area contributed by atoms with Crippen molar-refractivity contribution in [1.29, 1.82) is 0 Å². The van der Waals surface area contributed by atoms with E-state index in [1.54, 1.807) is 18.2 Å². The summed E-state index contributed by atoms with van der Waals surface area (Å²) in [6, 6.07) is 5.04. The zero-order chi connectivity index (χ0) is 17.7. The van der Waals surface area contributed by atoms with Crippen molar-refractivity contribution in [3.63, 3.8) is 0 Å². The lowest BCUT2D eigenvalue weighted by molar-refractivity contribution is -0.119. The molecule has 2 aromatic rings. The fourth-order valence-electron chi connectivity index (χ4n) is 1.98. The van der Waals surface area contributed by atoms with Crippen molar-refractivity contribution in [2.75, 3.05) is 29.6 Å². The molecule has 1 heterocycles. The van der Waals surface area contributed by atoms with Crippen LogP contribution in [0.15, 0.2) is 24.5 Å². The molecule has 9 nitrogen and oxygen atoms in total. The Morgan fingerprint density at radius 2 is 1.96 bits per heavy atom. The smallest absolute Gasteiger partial charge is 0.235 e. The van der Waals surface area contributed by atoms with Crippen LogP contribution in [0.25, 0.3) is 10.9 Å². The first-order valence-corrected chi connectivity index (χ1v) is 9.05. The maximum absolute atomic E-state index is 11.9. The highest BCUT2D eigenvalue weighted by atomic mass is 32.2. The van der Waals surface area contributed by atoms with Gasteiger partial charge < -0.3 is 16.4 Å². The molecule has 0 atom stereocenters. The Labute approximate surface area is 138 Å². The summed E-state index contributed by atoms with van der Waals surface area (Å²) < 4.78 is 21.9. The fraction of sp³-hybridized carbons (Fsp3) is 0.286. The summed E-state index contributed by atoms with van der Waals surface area (Å²) in [6.45, 7) is 0.0407. The number of anilines is 2. The van der Waals surface area contributed by atoms with E-state index in [2.05, 4.69) is 20.6 Å². The van der Waals surface area contributed by atoms with Crippen LogP contribution in [-0.2, 0) is 19.4 Å². The number of aromatic nitrogens is 2. The molecule has 24 heavy (non-hydrogen) atoms. The molecule has 1 aromatic heterocycles. The predicted molar refractivity (Wildman–Crippen MR) is 89.9 cm³/mol. The van der Waals surface area contributed by atoms with Gasteiger partial charge in [0.25, 0.3) is 0 Å². The number of amides is 2. The number of fused-ring (bicyclic) bond motifs is 1. The summed E-state index contributed by atoms with van der Waals surface area (Å²) in [5, 5.41) is 5.66. The van der Waals surface area contributed by atoms with Crippen LogP contribution in [0.4, 0.5) is 11.5 Å². The van der Waals surface area contributed by atoms with Gasteiger partial charge >= 0.3 is 0 Å². The lowest BCUT2D eigenvalue weighted by Gasteiger charge is -2.08. The van der Waals surface area contributed by atoms with Gasteiger partial charge in [-0.1, -0.05) is 0 Å². The molecule has 2 amide bonds. The Morgan fingerprint density at radius 1 is 1.21 bits per heavy atom. The minimum atomic E-state index is -3.38. The maximum Gasteiger partial charge on any atom is 0.235 e. The molecule has 2 rings (SSSR count). The number of nitrogen functional groups attached to an aromatic ring is 1. The number of hydrogen-bond acceptors (Lipinski definition) is 7. The van der Waals surface area contributed by atoms with Crippen LogP contribution >= 0.6 is 0 Å². The molecule has 0 bridgehead atoms. The Bertz CT molecular complexity index is 882. The third kappa shape index (κ3) is 5.16. The molecule has 0 radical (unpaired) electrons. The Balaban J connectivity index is 1.89. The van der Waals surface area contributed by atoms with Crippen molar-refractivity contribution in [1.82, 2.24) is 15.3 Å². The number of sulfone groups is 1. The van der Waals surface area contributed by atoms with Gasteiger partial charge in [-0.2, -0.15) is 0 Å². The Morgan fingerprint density at radius 3 is 2.67 bits per heavy atom. The predicted octanol–water partition coefficient (Wildman–Crippen LogP) is -0.299. The van der Waals surface area contributed by atoms with E-state index in [0.717, 1.165) is 6.26 Å². The standard InChI is InChI=1S/C14H17N5O4S/c1-24(22,23)7-13(21)16-5-4-12(20)19-9-2-3-11-10(6-9)14(15)18-8-17-11/h2-3,6,8H,4-5,7H2,1H3,(H,16,21)(H,19,20)(H2,15,17,18). The normalized spacial score (nSPS) is 11.2. The molecule has 0 fully saturated rings. The van der Waals surface area contributed by atoms with E-state index in [9.17, 15) is 18.0 Å². The number of nitrogens with zero attached hydrogens (tertiary/aromatic N) is 2. The van der Waals surface area contributed by atoms with Crippen LogP contribution in [0.1, 0.15) is 6.42 Å². The first kappa shape index (κ1) is 17.6. The van der Waals surface area contributed by atoms with Crippen molar-refractivity contribution in [2.24, 2.45) is 0 Å². The topological polar surface area (TPSA) is 144 Å². The molecule has 0 spiro atoms. The molecule has 10 heteroatoms. The van der Waals surface area contributed by atoms with Gasteiger partial charge in [0.1, 0.15) is 17.9 Å². The van der Waals surface area contributed by atoms with E-state index in [1.807, 2.05) is 0 Å². The lowest BCUT2D eigenvalue weighted by Crippen LogP contribution is -2.32. The van der Waals surface area contributed by atoms with Gasteiger partial charge in [0, 0.05) is 30.3 Å². The number of carbonyl (C=O) groups excluding carboxylic acids is 2. The van der Waals surface area contributed by atoms with E-state index in [1.165, 1.54) is 6.33 Å². The van der Waals surface area contributed by atoms with Crippen LogP contribution in [0.5, 0.6) is 0 Å². The number of benzene rings is 1. The Hall–Kier alpha value is -2.75. The van der Waals surface area contributed by atoms with Crippen LogP contribution < -0.4 is 16.4 Å². The average Bonchev–Trinajstić information content (AvgIpc) is 2.46. The molecule has 0 unspecified atom stereocenters. The molecule has 0 saturated carbocycles.